The molecule has 0 radical (unpaired) electrons. The molecule has 0 unspecified atom stereocenters. The summed E-state index contributed by atoms with van der Waals surface area (Å²) in [6.45, 7) is 4.18. The number of thiol groups is 1. The van der Waals surface area contributed by atoms with E-state index in [9.17, 15) is 9.36 Å². The number of carbonyl (C=O) groups excluding carboxylic acids is 1. The minimum atomic E-state index is -3.12. The fourth-order valence-electron chi connectivity index (χ4n) is 1.63. The molecule has 0 saturated carbocycles. The van der Waals surface area contributed by atoms with Crippen LogP contribution in [0.4, 0.5) is 0 Å². The normalized spacial score (nSPS) is 11.3. The van der Waals surface area contributed by atoms with Gasteiger partial charge in [-0.1, -0.05) is 12.1 Å². The molecule has 0 bridgehead atoms. The molecule has 7 heteroatoms. The molecular formula is C13H19O5PS. The Morgan fingerprint density at radius 3 is 2.15 bits per heavy atom. The van der Waals surface area contributed by atoms with Crippen molar-refractivity contribution in [3.05, 3.63) is 35.4 Å². The molecule has 1 rings (SSSR count). The standard InChI is InChI=1S/C13H19O5PS/c1-3-17-19(15,18-4-2)9-11-5-7-12(8-6-11)13(14)16-10-20/h5-8,20H,3-4,9-10H2,1-2H3. The highest BCUT2D eigenvalue weighted by Crippen LogP contribution is 2.51. The largest absolute Gasteiger partial charge is 0.451 e. The predicted molar refractivity (Wildman–Crippen MR) is 80.3 cm³/mol. The lowest BCUT2D eigenvalue weighted by Gasteiger charge is -2.17. The molecule has 1 aromatic rings. The third-order valence-corrected chi connectivity index (χ3v) is 4.60. The first-order valence-electron chi connectivity index (χ1n) is 6.29. The Morgan fingerprint density at radius 1 is 1.15 bits per heavy atom. The Bertz CT molecular complexity index is 464. The first kappa shape index (κ1) is 17.2. The molecule has 0 aliphatic carbocycles. The average Bonchev–Trinajstić information content (AvgIpc) is 2.40. The van der Waals surface area contributed by atoms with Crippen LogP contribution in [0.1, 0.15) is 29.8 Å². The van der Waals surface area contributed by atoms with Crippen LogP contribution in [-0.4, -0.2) is 25.1 Å². The second-order valence-corrected chi connectivity index (χ2v) is 6.18. The lowest BCUT2D eigenvalue weighted by Crippen LogP contribution is -2.04. The van der Waals surface area contributed by atoms with Crippen molar-refractivity contribution < 1.29 is 23.1 Å². The molecule has 0 aromatic heterocycles. The van der Waals surface area contributed by atoms with Crippen molar-refractivity contribution in [1.82, 2.24) is 0 Å². The second-order valence-electron chi connectivity index (χ2n) is 3.86. The lowest BCUT2D eigenvalue weighted by atomic mass is 10.1. The summed E-state index contributed by atoms with van der Waals surface area (Å²) in [5.41, 5.74) is 1.20. The Hall–Kier alpha value is -0.810. The second kappa shape index (κ2) is 8.47. The van der Waals surface area contributed by atoms with Crippen LogP contribution in [0, 0.1) is 0 Å². The average molecular weight is 318 g/mol. The van der Waals surface area contributed by atoms with Crippen LogP contribution in [-0.2, 0) is 24.5 Å². The van der Waals surface area contributed by atoms with E-state index in [1.807, 2.05) is 0 Å². The van der Waals surface area contributed by atoms with Gasteiger partial charge in [-0.15, -0.1) is 12.6 Å². The summed E-state index contributed by atoms with van der Waals surface area (Å²) in [6.07, 6.45) is 0.177. The minimum absolute atomic E-state index is 0.0322. The summed E-state index contributed by atoms with van der Waals surface area (Å²) < 4.78 is 27.6. The first-order chi connectivity index (χ1) is 9.54. The predicted octanol–water partition coefficient (Wildman–Crippen LogP) is 3.50. The maximum Gasteiger partial charge on any atom is 0.338 e. The molecule has 20 heavy (non-hydrogen) atoms. The Labute approximate surface area is 124 Å². The molecule has 0 aliphatic heterocycles. The van der Waals surface area contributed by atoms with Crippen LogP contribution in [0.25, 0.3) is 0 Å². The van der Waals surface area contributed by atoms with Crippen LogP contribution < -0.4 is 0 Å². The van der Waals surface area contributed by atoms with Gasteiger partial charge in [-0.25, -0.2) is 4.79 Å². The summed E-state index contributed by atoms with van der Waals surface area (Å²) in [5.74, 6) is -0.408. The van der Waals surface area contributed by atoms with Gasteiger partial charge < -0.3 is 13.8 Å². The van der Waals surface area contributed by atoms with E-state index in [0.29, 0.717) is 18.8 Å². The van der Waals surface area contributed by atoms with Gasteiger partial charge in [0.2, 0.25) is 0 Å². The molecule has 112 valence electrons. The van der Waals surface area contributed by atoms with E-state index in [4.69, 9.17) is 13.8 Å². The van der Waals surface area contributed by atoms with Crippen molar-refractivity contribution in [2.75, 3.05) is 19.2 Å². The third kappa shape index (κ3) is 5.29. The van der Waals surface area contributed by atoms with Crippen LogP contribution in [0.2, 0.25) is 0 Å². The van der Waals surface area contributed by atoms with Gasteiger partial charge in [-0.3, -0.25) is 4.57 Å². The number of esters is 1. The van der Waals surface area contributed by atoms with Gasteiger partial charge in [0.15, 0.2) is 0 Å². The van der Waals surface area contributed by atoms with E-state index >= 15 is 0 Å². The van der Waals surface area contributed by atoms with E-state index in [0.717, 1.165) is 5.56 Å². The molecule has 1 aromatic carbocycles. The Kier molecular flexibility index (Phi) is 7.30. The van der Waals surface area contributed by atoms with E-state index in [1.54, 1.807) is 38.1 Å². The van der Waals surface area contributed by atoms with E-state index in [2.05, 4.69) is 12.6 Å². The van der Waals surface area contributed by atoms with Crippen molar-refractivity contribution >= 4 is 26.2 Å². The fourth-order valence-corrected chi connectivity index (χ4v) is 3.45. The summed E-state index contributed by atoms with van der Waals surface area (Å²) in [6, 6.07) is 6.65. The number of hydrogen-bond acceptors (Lipinski definition) is 6. The molecule has 0 N–H and O–H groups in total. The SMILES string of the molecule is CCOP(=O)(Cc1ccc(C(=O)OCS)cc1)OCC. The minimum Gasteiger partial charge on any atom is -0.451 e. The maximum absolute atomic E-state index is 12.4. The summed E-state index contributed by atoms with van der Waals surface area (Å²) in [5, 5.41) is 0. The quantitative estimate of drug-likeness (QED) is 0.344. The number of carbonyl (C=O) groups is 1. The topological polar surface area (TPSA) is 61.8 Å². The first-order valence-corrected chi connectivity index (χ1v) is 8.65. The molecule has 5 nitrogen and oxygen atoms in total. The van der Waals surface area contributed by atoms with E-state index < -0.39 is 13.6 Å². The molecule has 0 atom stereocenters. The van der Waals surface area contributed by atoms with E-state index in [1.165, 1.54) is 0 Å². The third-order valence-electron chi connectivity index (χ3n) is 2.41. The number of rotatable bonds is 8. The molecule has 0 heterocycles. The smallest absolute Gasteiger partial charge is 0.338 e. The molecular weight excluding hydrogens is 299 g/mol. The Balaban J connectivity index is 2.77. The van der Waals surface area contributed by atoms with Gasteiger partial charge >= 0.3 is 13.6 Å². The van der Waals surface area contributed by atoms with Crippen molar-refractivity contribution in [3.8, 4) is 0 Å². The zero-order valence-corrected chi connectivity index (χ0v) is 13.4. The zero-order chi connectivity index (χ0) is 15.0. The zero-order valence-electron chi connectivity index (χ0n) is 11.6. The summed E-state index contributed by atoms with van der Waals surface area (Å²) in [7, 11) is -3.12. The van der Waals surface area contributed by atoms with Crippen LogP contribution in [0.5, 0.6) is 0 Å². The fraction of sp³-hybridized carbons (Fsp3) is 0.462. The lowest BCUT2D eigenvalue weighted by molar-refractivity contribution is 0.0581. The number of benzene rings is 1. The van der Waals surface area contributed by atoms with Crippen molar-refractivity contribution in [2.45, 2.75) is 20.0 Å². The van der Waals surface area contributed by atoms with Gasteiger partial charge in [0.25, 0.3) is 0 Å². The maximum atomic E-state index is 12.4. The monoisotopic (exact) mass is 318 g/mol. The Morgan fingerprint density at radius 2 is 1.70 bits per heavy atom. The molecule has 0 saturated heterocycles. The number of ether oxygens (including phenoxy) is 1. The van der Waals surface area contributed by atoms with Gasteiger partial charge in [0, 0.05) is 0 Å². The summed E-state index contributed by atoms with van der Waals surface area (Å²) >= 11 is 3.82. The van der Waals surface area contributed by atoms with Gasteiger partial charge in [-0.2, -0.15) is 0 Å². The highest BCUT2D eigenvalue weighted by Gasteiger charge is 2.24. The molecule has 0 fully saturated rings. The van der Waals surface area contributed by atoms with Crippen molar-refractivity contribution in [1.29, 1.82) is 0 Å². The van der Waals surface area contributed by atoms with Crippen LogP contribution in [0.3, 0.4) is 0 Å². The molecule has 0 aliphatic rings. The van der Waals surface area contributed by atoms with Crippen LogP contribution in [0.15, 0.2) is 24.3 Å². The van der Waals surface area contributed by atoms with Gasteiger partial charge in [0.1, 0.15) is 5.94 Å². The number of hydrogen-bond donors (Lipinski definition) is 1. The highest BCUT2D eigenvalue weighted by atomic mass is 32.1. The molecule has 0 spiro atoms. The highest BCUT2D eigenvalue weighted by molar-refractivity contribution is 7.80. The van der Waals surface area contributed by atoms with Crippen molar-refractivity contribution in [2.24, 2.45) is 0 Å². The van der Waals surface area contributed by atoms with Gasteiger partial charge in [0.05, 0.1) is 24.9 Å². The summed E-state index contributed by atoms with van der Waals surface area (Å²) in [4.78, 5) is 11.5. The molecule has 0 amide bonds. The van der Waals surface area contributed by atoms with Crippen molar-refractivity contribution in [3.63, 3.8) is 0 Å². The van der Waals surface area contributed by atoms with E-state index in [-0.39, 0.29) is 12.1 Å². The van der Waals surface area contributed by atoms with Gasteiger partial charge in [-0.05, 0) is 31.5 Å². The van der Waals surface area contributed by atoms with Crippen LogP contribution >= 0.6 is 20.2 Å².